The lowest BCUT2D eigenvalue weighted by Crippen LogP contribution is -2.26. The zero-order valence-corrected chi connectivity index (χ0v) is 16.0. The van der Waals surface area contributed by atoms with Crippen molar-refractivity contribution in [3.63, 3.8) is 0 Å². The number of benzene rings is 2. The highest BCUT2D eigenvalue weighted by Gasteiger charge is 2.17. The van der Waals surface area contributed by atoms with Crippen molar-refractivity contribution in [1.29, 1.82) is 0 Å². The number of rotatable bonds is 6. The van der Waals surface area contributed by atoms with Crippen LogP contribution in [0, 0.1) is 17.5 Å². The van der Waals surface area contributed by atoms with Gasteiger partial charge in [-0.15, -0.1) is 11.3 Å². The van der Waals surface area contributed by atoms with Crippen LogP contribution in [-0.2, 0) is 6.61 Å². The lowest BCUT2D eigenvalue weighted by molar-refractivity contribution is 0.0797. The molecule has 0 saturated carbocycles. The number of halogens is 3. The maximum absolute atomic E-state index is 14.5. The normalized spacial score (nSPS) is 10.8. The molecule has 146 valence electrons. The molecule has 0 N–H and O–H groups in total. The van der Waals surface area contributed by atoms with Gasteiger partial charge in [0.2, 0.25) is 0 Å². The zero-order chi connectivity index (χ0) is 20.3. The largest absolute Gasteiger partial charge is 0.489 e. The molecule has 0 aliphatic rings. The van der Waals surface area contributed by atoms with E-state index in [9.17, 15) is 18.0 Å². The molecule has 3 aromatic rings. The first-order chi connectivity index (χ1) is 13.4. The molecule has 3 rings (SSSR count). The van der Waals surface area contributed by atoms with Gasteiger partial charge in [-0.05, 0) is 36.8 Å². The second kappa shape index (κ2) is 8.43. The Balaban J connectivity index is 1.74. The summed E-state index contributed by atoms with van der Waals surface area (Å²) in [5.41, 5.74) is 0.801. The molecule has 28 heavy (non-hydrogen) atoms. The van der Waals surface area contributed by atoms with Crippen molar-refractivity contribution >= 4 is 17.2 Å². The Morgan fingerprint density at radius 1 is 1.14 bits per heavy atom. The Hall–Kier alpha value is -2.87. The standard InChI is InChI=1S/C20H17F3N2O2S/c1-3-25(2)20(26)18-11-28-19(24-18)16-5-4-15(9-17(16)23)27-10-12-6-13(21)8-14(22)7-12/h4-9,11H,3,10H2,1-2H3. The molecule has 1 heterocycles. The Kier molecular flexibility index (Phi) is 5.99. The number of thiazole rings is 1. The number of hydrogen-bond donors (Lipinski definition) is 0. The van der Waals surface area contributed by atoms with Crippen LogP contribution in [0.5, 0.6) is 5.75 Å². The van der Waals surface area contributed by atoms with Crippen LogP contribution in [0.1, 0.15) is 23.0 Å². The third-order valence-electron chi connectivity index (χ3n) is 4.04. The van der Waals surface area contributed by atoms with Gasteiger partial charge in [-0.3, -0.25) is 4.79 Å². The molecule has 0 spiro atoms. The molecular weight excluding hydrogens is 389 g/mol. The monoisotopic (exact) mass is 406 g/mol. The molecule has 0 saturated heterocycles. The third-order valence-corrected chi connectivity index (χ3v) is 4.92. The minimum Gasteiger partial charge on any atom is -0.489 e. The molecule has 8 heteroatoms. The molecule has 1 amide bonds. The van der Waals surface area contributed by atoms with E-state index in [0.29, 0.717) is 17.1 Å². The van der Waals surface area contributed by atoms with Crippen LogP contribution in [0.2, 0.25) is 0 Å². The van der Waals surface area contributed by atoms with E-state index in [1.54, 1.807) is 12.4 Å². The minimum absolute atomic E-state index is 0.104. The van der Waals surface area contributed by atoms with Gasteiger partial charge >= 0.3 is 0 Å². The number of carbonyl (C=O) groups excluding carboxylic acids is 1. The fourth-order valence-electron chi connectivity index (χ4n) is 2.45. The van der Waals surface area contributed by atoms with Crippen LogP contribution < -0.4 is 4.74 Å². The highest BCUT2D eigenvalue weighted by atomic mass is 32.1. The number of amides is 1. The number of ether oxygens (including phenoxy) is 1. The SMILES string of the molecule is CCN(C)C(=O)c1csc(-c2ccc(OCc3cc(F)cc(F)c3)cc2F)n1. The molecule has 2 aromatic carbocycles. The first kappa shape index (κ1) is 19.9. The summed E-state index contributed by atoms with van der Waals surface area (Å²) in [6.07, 6.45) is 0. The van der Waals surface area contributed by atoms with Gasteiger partial charge in [0, 0.05) is 36.7 Å². The van der Waals surface area contributed by atoms with Gasteiger partial charge in [0.05, 0.1) is 0 Å². The van der Waals surface area contributed by atoms with Gasteiger partial charge in [-0.25, -0.2) is 18.2 Å². The predicted molar refractivity (Wildman–Crippen MR) is 101 cm³/mol. The van der Waals surface area contributed by atoms with Crippen molar-refractivity contribution in [1.82, 2.24) is 9.88 Å². The summed E-state index contributed by atoms with van der Waals surface area (Å²) in [5, 5.41) is 1.97. The molecule has 0 aliphatic carbocycles. The summed E-state index contributed by atoms with van der Waals surface area (Å²) in [5.74, 6) is -2.00. The lowest BCUT2D eigenvalue weighted by Gasteiger charge is -2.11. The third kappa shape index (κ3) is 4.51. The van der Waals surface area contributed by atoms with E-state index in [-0.39, 0.29) is 29.5 Å². The van der Waals surface area contributed by atoms with Crippen LogP contribution in [0.25, 0.3) is 10.6 Å². The first-order valence-electron chi connectivity index (χ1n) is 8.46. The topological polar surface area (TPSA) is 42.4 Å². The van der Waals surface area contributed by atoms with Gasteiger partial charge < -0.3 is 9.64 Å². The number of nitrogens with zero attached hydrogens (tertiary/aromatic N) is 2. The van der Waals surface area contributed by atoms with Crippen molar-refractivity contribution in [2.45, 2.75) is 13.5 Å². The fourth-order valence-corrected chi connectivity index (χ4v) is 3.28. The molecular formula is C20H17F3N2O2S. The van der Waals surface area contributed by atoms with E-state index >= 15 is 0 Å². The Labute approximate surface area is 164 Å². The van der Waals surface area contributed by atoms with Crippen molar-refractivity contribution in [2.75, 3.05) is 13.6 Å². The van der Waals surface area contributed by atoms with Gasteiger partial charge in [-0.1, -0.05) is 0 Å². The van der Waals surface area contributed by atoms with Crippen molar-refractivity contribution < 1.29 is 22.7 Å². The van der Waals surface area contributed by atoms with Crippen LogP contribution >= 0.6 is 11.3 Å². The summed E-state index contributed by atoms with van der Waals surface area (Å²) in [6.45, 7) is 2.29. The summed E-state index contributed by atoms with van der Waals surface area (Å²) >= 11 is 1.17. The lowest BCUT2D eigenvalue weighted by atomic mass is 10.2. The Bertz CT molecular complexity index is 987. The van der Waals surface area contributed by atoms with E-state index in [2.05, 4.69) is 4.98 Å². The molecule has 1 aromatic heterocycles. The number of hydrogen-bond acceptors (Lipinski definition) is 4. The van der Waals surface area contributed by atoms with Crippen LogP contribution in [0.15, 0.2) is 41.8 Å². The molecule has 0 bridgehead atoms. The van der Waals surface area contributed by atoms with E-state index in [0.717, 1.165) is 18.2 Å². The van der Waals surface area contributed by atoms with Gasteiger partial charge in [0.15, 0.2) is 0 Å². The summed E-state index contributed by atoms with van der Waals surface area (Å²) in [4.78, 5) is 17.9. The summed E-state index contributed by atoms with van der Waals surface area (Å²) < 4.78 is 46.3. The van der Waals surface area contributed by atoms with Gasteiger partial charge in [0.1, 0.15) is 40.5 Å². The van der Waals surface area contributed by atoms with Crippen LogP contribution in [-0.4, -0.2) is 29.4 Å². The van der Waals surface area contributed by atoms with Crippen molar-refractivity contribution in [2.24, 2.45) is 0 Å². The Morgan fingerprint density at radius 2 is 1.86 bits per heavy atom. The minimum atomic E-state index is -0.706. The molecule has 0 atom stereocenters. The molecule has 0 aliphatic heterocycles. The molecule has 0 fully saturated rings. The molecule has 4 nitrogen and oxygen atoms in total. The van der Waals surface area contributed by atoms with Crippen LogP contribution in [0.3, 0.4) is 0 Å². The second-order valence-corrected chi connectivity index (χ2v) is 6.92. The second-order valence-electron chi connectivity index (χ2n) is 6.07. The zero-order valence-electron chi connectivity index (χ0n) is 15.2. The number of aromatic nitrogens is 1. The van der Waals surface area contributed by atoms with E-state index in [1.807, 2.05) is 6.92 Å². The highest BCUT2D eigenvalue weighted by molar-refractivity contribution is 7.13. The van der Waals surface area contributed by atoms with Crippen LogP contribution in [0.4, 0.5) is 13.2 Å². The van der Waals surface area contributed by atoms with E-state index < -0.39 is 17.5 Å². The Morgan fingerprint density at radius 3 is 2.50 bits per heavy atom. The smallest absolute Gasteiger partial charge is 0.273 e. The predicted octanol–water partition coefficient (Wildman–Crippen LogP) is 4.90. The number of carbonyl (C=O) groups is 1. The maximum Gasteiger partial charge on any atom is 0.273 e. The van der Waals surface area contributed by atoms with E-state index in [4.69, 9.17) is 4.74 Å². The van der Waals surface area contributed by atoms with E-state index in [1.165, 1.54) is 34.4 Å². The molecule has 0 unspecified atom stereocenters. The quantitative estimate of drug-likeness (QED) is 0.585. The average Bonchev–Trinajstić information content (AvgIpc) is 3.14. The average molecular weight is 406 g/mol. The summed E-state index contributed by atoms with van der Waals surface area (Å²) in [6, 6.07) is 7.27. The van der Waals surface area contributed by atoms with Crippen molar-refractivity contribution in [3.8, 4) is 16.3 Å². The maximum atomic E-state index is 14.5. The van der Waals surface area contributed by atoms with Gasteiger partial charge in [0.25, 0.3) is 5.91 Å². The first-order valence-corrected chi connectivity index (χ1v) is 9.34. The van der Waals surface area contributed by atoms with Gasteiger partial charge in [-0.2, -0.15) is 0 Å². The van der Waals surface area contributed by atoms with Crippen molar-refractivity contribution in [3.05, 3.63) is 70.5 Å². The summed E-state index contributed by atoms with van der Waals surface area (Å²) in [7, 11) is 1.67. The molecule has 0 radical (unpaired) electrons. The fraction of sp³-hybridized carbons (Fsp3) is 0.200. The highest BCUT2D eigenvalue weighted by Crippen LogP contribution is 2.29.